The molecular formula is C11H16O. The van der Waals surface area contributed by atoms with Crippen LogP contribution in [-0.2, 0) is 6.42 Å². The SMILES string of the molecule is CCCc1c(C)ccc(C)c1O. The van der Waals surface area contributed by atoms with Crippen molar-refractivity contribution < 1.29 is 5.11 Å². The highest BCUT2D eigenvalue weighted by Gasteiger charge is 2.05. The molecule has 0 fully saturated rings. The molecule has 0 saturated carbocycles. The molecule has 1 nitrogen and oxygen atoms in total. The van der Waals surface area contributed by atoms with E-state index in [1.807, 2.05) is 19.9 Å². The first-order chi connectivity index (χ1) is 5.66. The van der Waals surface area contributed by atoms with Crippen molar-refractivity contribution in [3.63, 3.8) is 0 Å². The van der Waals surface area contributed by atoms with E-state index in [1.165, 1.54) is 5.56 Å². The standard InChI is InChI=1S/C11H16O/c1-4-5-10-8(2)6-7-9(3)11(10)12/h6-7,12H,4-5H2,1-3H3. The summed E-state index contributed by atoms with van der Waals surface area (Å²) in [6.45, 7) is 6.11. The van der Waals surface area contributed by atoms with Gasteiger partial charge in [-0.1, -0.05) is 25.5 Å². The summed E-state index contributed by atoms with van der Waals surface area (Å²) in [7, 11) is 0. The van der Waals surface area contributed by atoms with Crippen LogP contribution in [0.25, 0.3) is 0 Å². The first-order valence-electron chi connectivity index (χ1n) is 4.44. The molecule has 1 rings (SSSR count). The zero-order valence-electron chi connectivity index (χ0n) is 8.02. The molecule has 12 heavy (non-hydrogen) atoms. The molecule has 0 atom stereocenters. The fourth-order valence-electron chi connectivity index (χ4n) is 1.42. The van der Waals surface area contributed by atoms with Gasteiger partial charge in [0.25, 0.3) is 0 Å². The van der Waals surface area contributed by atoms with Crippen molar-refractivity contribution in [2.75, 3.05) is 0 Å². The van der Waals surface area contributed by atoms with Gasteiger partial charge in [-0.2, -0.15) is 0 Å². The van der Waals surface area contributed by atoms with Gasteiger partial charge < -0.3 is 5.11 Å². The Labute approximate surface area is 74.1 Å². The van der Waals surface area contributed by atoms with Crippen molar-refractivity contribution in [1.29, 1.82) is 0 Å². The van der Waals surface area contributed by atoms with E-state index >= 15 is 0 Å². The average Bonchev–Trinajstić information content (AvgIpc) is 2.06. The van der Waals surface area contributed by atoms with E-state index < -0.39 is 0 Å². The van der Waals surface area contributed by atoms with Gasteiger partial charge in [0.2, 0.25) is 0 Å². The predicted molar refractivity (Wildman–Crippen MR) is 51.6 cm³/mol. The normalized spacial score (nSPS) is 10.2. The molecule has 0 spiro atoms. The smallest absolute Gasteiger partial charge is 0.121 e. The molecule has 0 amide bonds. The topological polar surface area (TPSA) is 20.2 Å². The number of phenols is 1. The van der Waals surface area contributed by atoms with Gasteiger partial charge in [0.05, 0.1) is 0 Å². The van der Waals surface area contributed by atoms with E-state index in [2.05, 4.69) is 13.0 Å². The van der Waals surface area contributed by atoms with Gasteiger partial charge in [0.15, 0.2) is 0 Å². The van der Waals surface area contributed by atoms with Crippen LogP contribution in [0, 0.1) is 13.8 Å². The first-order valence-corrected chi connectivity index (χ1v) is 4.44. The van der Waals surface area contributed by atoms with Crippen LogP contribution >= 0.6 is 0 Å². The summed E-state index contributed by atoms with van der Waals surface area (Å²) in [6.07, 6.45) is 2.05. The van der Waals surface area contributed by atoms with Crippen LogP contribution in [0.15, 0.2) is 12.1 Å². The summed E-state index contributed by atoms with van der Waals surface area (Å²) in [6, 6.07) is 4.03. The van der Waals surface area contributed by atoms with Crippen LogP contribution in [0.1, 0.15) is 30.0 Å². The van der Waals surface area contributed by atoms with Crippen molar-refractivity contribution in [3.8, 4) is 5.75 Å². The second-order valence-electron chi connectivity index (χ2n) is 3.28. The number of aryl methyl sites for hydroxylation is 2. The molecule has 1 aromatic carbocycles. The van der Waals surface area contributed by atoms with Gasteiger partial charge in [-0.15, -0.1) is 0 Å². The second-order valence-corrected chi connectivity index (χ2v) is 3.28. The number of rotatable bonds is 2. The zero-order valence-corrected chi connectivity index (χ0v) is 8.02. The van der Waals surface area contributed by atoms with Crippen molar-refractivity contribution in [2.45, 2.75) is 33.6 Å². The second kappa shape index (κ2) is 3.61. The Kier molecular flexibility index (Phi) is 2.74. The summed E-state index contributed by atoms with van der Waals surface area (Å²) >= 11 is 0. The van der Waals surface area contributed by atoms with Crippen molar-refractivity contribution >= 4 is 0 Å². The number of hydrogen-bond donors (Lipinski definition) is 1. The number of aromatic hydroxyl groups is 1. The highest BCUT2D eigenvalue weighted by Crippen LogP contribution is 2.25. The molecule has 0 aliphatic carbocycles. The van der Waals surface area contributed by atoms with Crippen LogP contribution < -0.4 is 0 Å². The number of hydrogen-bond acceptors (Lipinski definition) is 1. The minimum atomic E-state index is 0.483. The predicted octanol–water partition coefficient (Wildman–Crippen LogP) is 2.96. The lowest BCUT2D eigenvalue weighted by Crippen LogP contribution is -1.91. The Balaban J connectivity index is 3.14. The summed E-state index contributed by atoms with van der Waals surface area (Å²) in [4.78, 5) is 0. The van der Waals surface area contributed by atoms with Gasteiger partial charge in [0.1, 0.15) is 5.75 Å². The molecule has 0 heterocycles. The molecule has 0 aromatic heterocycles. The van der Waals surface area contributed by atoms with Gasteiger partial charge in [-0.3, -0.25) is 0 Å². The lowest BCUT2D eigenvalue weighted by Gasteiger charge is -2.09. The minimum absolute atomic E-state index is 0.483. The molecule has 0 unspecified atom stereocenters. The van der Waals surface area contributed by atoms with Crippen LogP contribution in [0.4, 0.5) is 0 Å². The van der Waals surface area contributed by atoms with E-state index in [9.17, 15) is 5.11 Å². The van der Waals surface area contributed by atoms with Crippen molar-refractivity contribution in [3.05, 3.63) is 28.8 Å². The Bertz CT molecular complexity index is 277. The summed E-state index contributed by atoms with van der Waals surface area (Å²) in [5, 5.41) is 9.71. The molecule has 0 saturated heterocycles. The molecule has 1 heteroatoms. The van der Waals surface area contributed by atoms with E-state index in [0.717, 1.165) is 24.0 Å². The maximum Gasteiger partial charge on any atom is 0.121 e. The number of phenolic OH excluding ortho intramolecular Hbond substituents is 1. The van der Waals surface area contributed by atoms with Crippen molar-refractivity contribution in [1.82, 2.24) is 0 Å². The van der Waals surface area contributed by atoms with E-state index in [4.69, 9.17) is 0 Å². The number of benzene rings is 1. The van der Waals surface area contributed by atoms with Crippen LogP contribution in [0.2, 0.25) is 0 Å². The third kappa shape index (κ3) is 1.60. The molecule has 0 bridgehead atoms. The van der Waals surface area contributed by atoms with E-state index in [0.29, 0.717) is 5.75 Å². The maximum absolute atomic E-state index is 9.71. The average molecular weight is 164 g/mol. The molecule has 0 aliphatic rings. The maximum atomic E-state index is 9.71. The first kappa shape index (κ1) is 9.11. The van der Waals surface area contributed by atoms with Gasteiger partial charge in [0, 0.05) is 0 Å². The van der Waals surface area contributed by atoms with Crippen LogP contribution in [0.5, 0.6) is 5.75 Å². The highest BCUT2D eigenvalue weighted by atomic mass is 16.3. The minimum Gasteiger partial charge on any atom is -0.507 e. The molecule has 1 N–H and O–H groups in total. The molecule has 66 valence electrons. The lowest BCUT2D eigenvalue weighted by atomic mass is 10.0. The van der Waals surface area contributed by atoms with Gasteiger partial charge in [-0.25, -0.2) is 0 Å². The highest BCUT2D eigenvalue weighted by molar-refractivity contribution is 5.44. The molecule has 1 aromatic rings. The Hall–Kier alpha value is -0.980. The van der Waals surface area contributed by atoms with Crippen LogP contribution in [0.3, 0.4) is 0 Å². The summed E-state index contributed by atoms with van der Waals surface area (Å²) in [5.41, 5.74) is 3.28. The van der Waals surface area contributed by atoms with Gasteiger partial charge in [-0.05, 0) is 37.0 Å². The lowest BCUT2D eigenvalue weighted by molar-refractivity contribution is 0.462. The van der Waals surface area contributed by atoms with Gasteiger partial charge >= 0.3 is 0 Å². The third-order valence-electron chi connectivity index (χ3n) is 2.22. The Morgan fingerprint density at radius 1 is 1.17 bits per heavy atom. The zero-order chi connectivity index (χ0) is 9.14. The molecular weight excluding hydrogens is 148 g/mol. The summed E-state index contributed by atoms with van der Waals surface area (Å²) < 4.78 is 0. The Morgan fingerprint density at radius 3 is 2.33 bits per heavy atom. The van der Waals surface area contributed by atoms with E-state index in [-0.39, 0.29) is 0 Å². The third-order valence-corrected chi connectivity index (χ3v) is 2.22. The van der Waals surface area contributed by atoms with Crippen LogP contribution in [-0.4, -0.2) is 5.11 Å². The largest absolute Gasteiger partial charge is 0.507 e. The fraction of sp³-hybridized carbons (Fsp3) is 0.455. The van der Waals surface area contributed by atoms with E-state index in [1.54, 1.807) is 0 Å². The summed E-state index contributed by atoms with van der Waals surface area (Å²) in [5.74, 6) is 0.483. The Morgan fingerprint density at radius 2 is 1.75 bits per heavy atom. The monoisotopic (exact) mass is 164 g/mol. The quantitative estimate of drug-likeness (QED) is 0.712. The van der Waals surface area contributed by atoms with Crippen molar-refractivity contribution in [2.24, 2.45) is 0 Å². The molecule has 0 aliphatic heterocycles. The fourth-order valence-corrected chi connectivity index (χ4v) is 1.42. The molecule has 0 radical (unpaired) electrons.